The number of aromatic nitrogens is 1. The lowest BCUT2D eigenvalue weighted by Gasteiger charge is -2.13. The van der Waals surface area contributed by atoms with Gasteiger partial charge in [0.05, 0.1) is 17.3 Å². The van der Waals surface area contributed by atoms with Gasteiger partial charge in [0, 0.05) is 24.2 Å². The molecule has 0 spiro atoms. The zero-order valence-corrected chi connectivity index (χ0v) is 13.3. The van der Waals surface area contributed by atoms with E-state index in [4.69, 9.17) is 4.74 Å². The van der Waals surface area contributed by atoms with Gasteiger partial charge in [-0.05, 0) is 37.5 Å². The molecule has 0 aliphatic heterocycles. The lowest BCUT2D eigenvalue weighted by atomic mass is 10.1. The Morgan fingerprint density at radius 2 is 2.00 bits per heavy atom. The van der Waals surface area contributed by atoms with Crippen molar-refractivity contribution in [3.8, 4) is 5.75 Å². The Labute approximate surface area is 128 Å². The van der Waals surface area contributed by atoms with Crippen LogP contribution in [-0.2, 0) is 17.6 Å². The van der Waals surface area contributed by atoms with Gasteiger partial charge in [-0.25, -0.2) is 4.98 Å². The molecule has 1 aromatic heterocycles. The van der Waals surface area contributed by atoms with E-state index in [2.05, 4.69) is 31.0 Å². The summed E-state index contributed by atoms with van der Waals surface area (Å²) in [6, 6.07) is 4.14. The average molecular weight is 304 g/mol. The summed E-state index contributed by atoms with van der Waals surface area (Å²) in [7, 11) is 0. The summed E-state index contributed by atoms with van der Waals surface area (Å²) in [5, 5.41) is 13.2. The molecule has 0 atom stereocenters. The van der Waals surface area contributed by atoms with E-state index in [1.165, 1.54) is 16.9 Å². The Morgan fingerprint density at radius 1 is 1.29 bits per heavy atom. The highest BCUT2D eigenvalue weighted by Gasteiger charge is 2.07. The summed E-state index contributed by atoms with van der Waals surface area (Å²) in [5.41, 5.74) is 4.04. The molecular formula is C16H18NO3S-. The molecular weight excluding hydrogens is 286 g/mol. The number of aliphatic carboxylic acids is 1. The topological polar surface area (TPSA) is 62.2 Å². The second-order valence-electron chi connectivity index (χ2n) is 5.03. The number of carboxylic acids is 1. The van der Waals surface area contributed by atoms with Crippen LogP contribution in [0.25, 0.3) is 0 Å². The third kappa shape index (κ3) is 4.04. The fourth-order valence-electron chi connectivity index (χ4n) is 2.08. The number of nitrogens with zero attached hydrogens (tertiary/aromatic N) is 1. The standard InChI is InChI=1S/C16H19NO3S/c1-10-4-5-11(2)16(12(10)3)20-7-6-14-17-13(9-21-14)8-15(18)19/h4-5,9H,6-8H2,1-3H3,(H,18,19)/p-1. The molecule has 0 N–H and O–H groups in total. The first-order valence-corrected chi connectivity index (χ1v) is 7.68. The maximum Gasteiger partial charge on any atom is 0.125 e. The van der Waals surface area contributed by atoms with Gasteiger partial charge in [-0.15, -0.1) is 11.3 Å². The van der Waals surface area contributed by atoms with E-state index >= 15 is 0 Å². The first-order chi connectivity index (χ1) is 9.97. The lowest BCUT2D eigenvalue weighted by Crippen LogP contribution is -2.24. The molecule has 1 heterocycles. The van der Waals surface area contributed by atoms with Crippen molar-refractivity contribution in [3.05, 3.63) is 44.9 Å². The summed E-state index contributed by atoms with van der Waals surface area (Å²) in [5.74, 6) is -0.171. The average Bonchev–Trinajstić information content (AvgIpc) is 2.85. The van der Waals surface area contributed by atoms with Gasteiger partial charge in [0.2, 0.25) is 0 Å². The Kier molecular flexibility index (Phi) is 4.96. The van der Waals surface area contributed by atoms with Crippen molar-refractivity contribution in [3.63, 3.8) is 0 Å². The normalized spacial score (nSPS) is 10.6. The molecule has 0 saturated carbocycles. The van der Waals surface area contributed by atoms with E-state index in [0.717, 1.165) is 21.9 Å². The minimum atomic E-state index is -1.10. The predicted molar refractivity (Wildman–Crippen MR) is 80.7 cm³/mol. The second-order valence-corrected chi connectivity index (χ2v) is 5.98. The summed E-state index contributed by atoms with van der Waals surface area (Å²) >= 11 is 1.46. The Hall–Kier alpha value is -1.88. The van der Waals surface area contributed by atoms with Crippen LogP contribution in [0.5, 0.6) is 5.75 Å². The van der Waals surface area contributed by atoms with Crippen molar-refractivity contribution in [2.75, 3.05) is 6.61 Å². The Morgan fingerprint density at radius 3 is 2.71 bits per heavy atom. The Bertz CT molecular complexity index is 649. The molecule has 0 unspecified atom stereocenters. The largest absolute Gasteiger partial charge is 0.550 e. The highest BCUT2D eigenvalue weighted by atomic mass is 32.1. The smallest absolute Gasteiger partial charge is 0.125 e. The van der Waals surface area contributed by atoms with E-state index in [0.29, 0.717) is 18.7 Å². The molecule has 0 fully saturated rings. The highest BCUT2D eigenvalue weighted by molar-refractivity contribution is 7.09. The number of carbonyl (C=O) groups is 1. The highest BCUT2D eigenvalue weighted by Crippen LogP contribution is 2.26. The Balaban J connectivity index is 1.94. The molecule has 1 aromatic carbocycles. The fraction of sp³-hybridized carbons (Fsp3) is 0.375. The number of hydrogen-bond donors (Lipinski definition) is 0. The van der Waals surface area contributed by atoms with Crippen LogP contribution >= 0.6 is 11.3 Å². The van der Waals surface area contributed by atoms with Gasteiger partial charge >= 0.3 is 0 Å². The van der Waals surface area contributed by atoms with Crippen molar-refractivity contribution < 1.29 is 14.6 Å². The van der Waals surface area contributed by atoms with Crippen LogP contribution < -0.4 is 9.84 Å². The quantitative estimate of drug-likeness (QED) is 0.818. The van der Waals surface area contributed by atoms with Crippen LogP contribution in [0.1, 0.15) is 27.4 Å². The molecule has 2 rings (SSSR count). The second kappa shape index (κ2) is 6.72. The first kappa shape index (κ1) is 15.5. The van der Waals surface area contributed by atoms with Crippen molar-refractivity contribution in [1.82, 2.24) is 4.98 Å². The summed E-state index contributed by atoms with van der Waals surface area (Å²) in [6.07, 6.45) is 0.540. The van der Waals surface area contributed by atoms with Gasteiger partial charge in [-0.2, -0.15) is 0 Å². The van der Waals surface area contributed by atoms with Crippen molar-refractivity contribution in [2.24, 2.45) is 0 Å². The van der Waals surface area contributed by atoms with Crippen LogP contribution in [-0.4, -0.2) is 17.6 Å². The number of hydrogen-bond acceptors (Lipinski definition) is 5. The van der Waals surface area contributed by atoms with E-state index in [1.54, 1.807) is 5.38 Å². The number of ether oxygens (including phenoxy) is 1. The monoisotopic (exact) mass is 304 g/mol. The number of aryl methyl sites for hydroxylation is 2. The van der Waals surface area contributed by atoms with E-state index in [-0.39, 0.29) is 6.42 Å². The third-order valence-electron chi connectivity index (χ3n) is 3.36. The molecule has 112 valence electrons. The van der Waals surface area contributed by atoms with E-state index < -0.39 is 5.97 Å². The number of carbonyl (C=O) groups excluding carboxylic acids is 1. The molecule has 21 heavy (non-hydrogen) atoms. The molecule has 5 heteroatoms. The van der Waals surface area contributed by atoms with Gasteiger partial charge in [-0.3, -0.25) is 0 Å². The maximum absolute atomic E-state index is 10.5. The number of thiazole rings is 1. The van der Waals surface area contributed by atoms with Crippen LogP contribution in [0.15, 0.2) is 17.5 Å². The molecule has 0 radical (unpaired) electrons. The third-order valence-corrected chi connectivity index (χ3v) is 4.32. The van der Waals surface area contributed by atoms with Gasteiger partial charge in [-0.1, -0.05) is 12.1 Å². The van der Waals surface area contributed by atoms with Crippen LogP contribution in [0.3, 0.4) is 0 Å². The van der Waals surface area contributed by atoms with Gasteiger partial charge in [0.15, 0.2) is 0 Å². The lowest BCUT2D eigenvalue weighted by molar-refractivity contribution is -0.304. The number of rotatable bonds is 6. The molecule has 0 aliphatic rings. The predicted octanol–water partition coefficient (Wildman–Crippen LogP) is 1.98. The van der Waals surface area contributed by atoms with Crippen molar-refractivity contribution >= 4 is 17.3 Å². The first-order valence-electron chi connectivity index (χ1n) is 6.80. The zero-order valence-electron chi connectivity index (χ0n) is 12.4. The fourth-order valence-corrected chi connectivity index (χ4v) is 2.86. The molecule has 0 aliphatic carbocycles. The summed E-state index contributed by atoms with van der Waals surface area (Å²) in [6.45, 7) is 6.68. The van der Waals surface area contributed by atoms with Crippen LogP contribution in [0.2, 0.25) is 0 Å². The SMILES string of the molecule is Cc1ccc(C)c(OCCc2nc(CC(=O)[O-])cs2)c1C. The van der Waals surface area contributed by atoms with E-state index in [1.807, 2.05) is 6.92 Å². The van der Waals surface area contributed by atoms with E-state index in [9.17, 15) is 9.90 Å². The van der Waals surface area contributed by atoms with Crippen LogP contribution in [0, 0.1) is 20.8 Å². The molecule has 0 bridgehead atoms. The molecule has 4 nitrogen and oxygen atoms in total. The van der Waals surface area contributed by atoms with Crippen LogP contribution in [0.4, 0.5) is 0 Å². The van der Waals surface area contributed by atoms with Gasteiger partial charge in [0.1, 0.15) is 5.75 Å². The number of benzene rings is 1. The van der Waals surface area contributed by atoms with Crippen molar-refractivity contribution in [1.29, 1.82) is 0 Å². The molecule has 0 amide bonds. The zero-order chi connectivity index (χ0) is 15.4. The number of carboxylic acid groups (broad SMARTS) is 1. The minimum absolute atomic E-state index is 0.131. The molecule has 0 saturated heterocycles. The molecule has 2 aromatic rings. The minimum Gasteiger partial charge on any atom is -0.550 e. The summed E-state index contributed by atoms with van der Waals surface area (Å²) in [4.78, 5) is 14.8. The maximum atomic E-state index is 10.5. The van der Waals surface area contributed by atoms with Crippen molar-refractivity contribution in [2.45, 2.75) is 33.6 Å². The summed E-state index contributed by atoms with van der Waals surface area (Å²) < 4.78 is 5.88. The van der Waals surface area contributed by atoms with Gasteiger partial charge in [0.25, 0.3) is 0 Å². The van der Waals surface area contributed by atoms with Gasteiger partial charge < -0.3 is 14.6 Å².